The standard InChI is InChI=1S/C13H7Cl2NOS/c14-9-3-1-2-8(6-9)10(7-16)12(17)13-11(15)4-5-18-13/h1-6,10H. The summed E-state index contributed by atoms with van der Waals surface area (Å²) in [5.74, 6) is -1.17. The van der Waals surface area contributed by atoms with E-state index >= 15 is 0 Å². The van der Waals surface area contributed by atoms with Gasteiger partial charge in [-0.05, 0) is 29.1 Å². The van der Waals surface area contributed by atoms with Crippen molar-refractivity contribution in [3.05, 3.63) is 56.2 Å². The van der Waals surface area contributed by atoms with E-state index in [-0.39, 0.29) is 5.78 Å². The summed E-state index contributed by atoms with van der Waals surface area (Å²) in [4.78, 5) is 12.6. The number of carbonyl (C=O) groups excluding carboxylic acids is 1. The molecule has 0 fully saturated rings. The zero-order valence-corrected chi connectivity index (χ0v) is 11.4. The highest BCUT2D eigenvalue weighted by Crippen LogP contribution is 2.29. The van der Waals surface area contributed by atoms with Crippen molar-refractivity contribution in [2.24, 2.45) is 0 Å². The van der Waals surface area contributed by atoms with Crippen molar-refractivity contribution in [1.29, 1.82) is 5.26 Å². The number of hydrogen-bond donors (Lipinski definition) is 0. The second-order valence-corrected chi connectivity index (χ2v) is 5.34. The first-order valence-electron chi connectivity index (χ1n) is 5.05. The van der Waals surface area contributed by atoms with Crippen LogP contribution in [0.15, 0.2) is 35.7 Å². The van der Waals surface area contributed by atoms with Crippen LogP contribution in [0.25, 0.3) is 0 Å². The predicted molar refractivity (Wildman–Crippen MR) is 73.5 cm³/mol. The van der Waals surface area contributed by atoms with Crippen molar-refractivity contribution in [2.75, 3.05) is 0 Å². The third-order valence-electron chi connectivity index (χ3n) is 2.41. The second kappa shape index (κ2) is 5.53. The van der Waals surface area contributed by atoms with E-state index in [1.807, 2.05) is 6.07 Å². The number of thiophene rings is 1. The number of ketones is 1. The maximum atomic E-state index is 12.2. The van der Waals surface area contributed by atoms with Gasteiger partial charge >= 0.3 is 0 Å². The summed E-state index contributed by atoms with van der Waals surface area (Å²) in [6, 6.07) is 10.4. The zero-order valence-electron chi connectivity index (χ0n) is 9.06. The van der Waals surface area contributed by atoms with Gasteiger partial charge in [-0.2, -0.15) is 5.26 Å². The summed E-state index contributed by atoms with van der Waals surface area (Å²) in [6.45, 7) is 0. The van der Waals surface area contributed by atoms with Gasteiger partial charge in [0.1, 0.15) is 5.92 Å². The van der Waals surface area contributed by atoms with Crippen LogP contribution in [0.1, 0.15) is 21.2 Å². The average molecular weight is 296 g/mol. The normalized spacial score (nSPS) is 11.8. The molecule has 0 saturated heterocycles. The van der Waals surface area contributed by atoms with Gasteiger partial charge in [0.15, 0.2) is 5.78 Å². The van der Waals surface area contributed by atoms with Gasteiger partial charge in [-0.25, -0.2) is 0 Å². The minimum atomic E-state index is -0.875. The first kappa shape index (κ1) is 13.1. The molecule has 2 aromatic rings. The molecule has 2 nitrogen and oxygen atoms in total. The Morgan fingerprint density at radius 3 is 2.67 bits per heavy atom. The Labute approximate surface area is 118 Å². The van der Waals surface area contributed by atoms with Gasteiger partial charge in [0, 0.05) is 5.02 Å². The van der Waals surface area contributed by atoms with Gasteiger partial charge in [-0.3, -0.25) is 4.79 Å². The van der Waals surface area contributed by atoms with E-state index in [2.05, 4.69) is 0 Å². The molecule has 0 aliphatic carbocycles. The van der Waals surface area contributed by atoms with E-state index in [0.29, 0.717) is 20.5 Å². The van der Waals surface area contributed by atoms with E-state index in [1.54, 1.807) is 35.7 Å². The number of halogens is 2. The van der Waals surface area contributed by atoms with Crippen molar-refractivity contribution in [3.63, 3.8) is 0 Å². The molecule has 0 saturated carbocycles. The predicted octanol–water partition coefficient (Wildman–Crippen LogP) is 4.54. The molecule has 1 aromatic heterocycles. The average Bonchev–Trinajstić information content (AvgIpc) is 2.76. The topological polar surface area (TPSA) is 40.9 Å². The van der Waals surface area contributed by atoms with Crippen molar-refractivity contribution >= 4 is 40.3 Å². The molecule has 1 heterocycles. The lowest BCUT2D eigenvalue weighted by atomic mass is 9.95. The van der Waals surface area contributed by atoms with Crippen molar-refractivity contribution in [1.82, 2.24) is 0 Å². The molecule has 1 unspecified atom stereocenters. The summed E-state index contributed by atoms with van der Waals surface area (Å²) < 4.78 is 0. The Kier molecular flexibility index (Phi) is 4.03. The number of nitriles is 1. The Morgan fingerprint density at radius 2 is 2.11 bits per heavy atom. The Balaban J connectivity index is 2.39. The maximum absolute atomic E-state index is 12.2. The molecule has 5 heteroatoms. The van der Waals surface area contributed by atoms with Gasteiger partial charge in [-0.15, -0.1) is 11.3 Å². The quantitative estimate of drug-likeness (QED) is 0.780. The fraction of sp³-hybridized carbons (Fsp3) is 0.0769. The lowest BCUT2D eigenvalue weighted by Crippen LogP contribution is -2.10. The minimum Gasteiger partial charge on any atom is -0.291 e. The SMILES string of the molecule is N#CC(C(=O)c1sccc1Cl)c1cccc(Cl)c1. The fourth-order valence-electron chi connectivity index (χ4n) is 1.57. The highest BCUT2D eigenvalue weighted by molar-refractivity contribution is 7.12. The Hall–Kier alpha value is -1.34. The lowest BCUT2D eigenvalue weighted by Gasteiger charge is -2.07. The molecule has 90 valence electrons. The summed E-state index contributed by atoms with van der Waals surface area (Å²) in [7, 11) is 0. The van der Waals surface area contributed by atoms with Crippen LogP contribution < -0.4 is 0 Å². The van der Waals surface area contributed by atoms with E-state index in [9.17, 15) is 10.1 Å². The Bertz CT molecular complexity index is 630. The molecule has 1 atom stereocenters. The van der Waals surface area contributed by atoms with Gasteiger partial charge in [0.05, 0.1) is 16.0 Å². The number of rotatable bonds is 3. The number of carbonyl (C=O) groups is 1. The number of nitrogens with zero attached hydrogens (tertiary/aromatic N) is 1. The van der Waals surface area contributed by atoms with Crippen LogP contribution in [0.5, 0.6) is 0 Å². The van der Waals surface area contributed by atoms with Gasteiger partial charge in [0.2, 0.25) is 0 Å². The van der Waals surface area contributed by atoms with E-state index in [0.717, 1.165) is 0 Å². The van der Waals surface area contributed by atoms with Crippen LogP contribution in [0.4, 0.5) is 0 Å². The molecular weight excluding hydrogens is 289 g/mol. The van der Waals surface area contributed by atoms with Gasteiger partial charge in [-0.1, -0.05) is 35.3 Å². The summed E-state index contributed by atoms with van der Waals surface area (Å²) in [5, 5.41) is 11.8. The van der Waals surface area contributed by atoms with Crippen molar-refractivity contribution in [3.8, 4) is 6.07 Å². The number of hydrogen-bond acceptors (Lipinski definition) is 3. The Morgan fingerprint density at radius 1 is 1.33 bits per heavy atom. The molecule has 0 aliphatic rings. The van der Waals surface area contributed by atoms with Crippen molar-refractivity contribution in [2.45, 2.75) is 5.92 Å². The monoisotopic (exact) mass is 295 g/mol. The van der Waals surface area contributed by atoms with Crippen LogP contribution >= 0.6 is 34.5 Å². The second-order valence-electron chi connectivity index (χ2n) is 3.58. The smallest absolute Gasteiger partial charge is 0.195 e. The van der Waals surface area contributed by atoms with Crippen LogP contribution in [0.3, 0.4) is 0 Å². The highest BCUT2D eigenvalue weighted by atomic mass is 35.5. The molecule has 18 heavy (non-hydrogen) atoms. The lowest BCUT2D eigenvalue weighted by molar-refractivity contribution is 0.0983. The van der Waals surface area contributed by atoms with E-state index in [4.69, 9.17) is 23.2 Å². The molecule has 0 spiro atoms. The summed E-state index contributed by atoms with van der Waals surface area (Å²) in [6.07, 6.45) is 0. The number of benzene rings is 1. The molecular formula is C13H7Cl2NOS. The first-order valence-corrected chi connectivity index (χ1v) is 6.69. The fourth-order valence-corrected chi connectivity index (χ4v) is 2.89. The van der Waals surface area contributed by atoms with Crippen LogP contribution in [-0.2, 0) is 0 Å². The molecule has 1 aromatic carbocycles. The van der Waals surface area contributed by atoms with E-state index < -0.39 is 5.92 Å². The van der Waals surface area contributed by atoms with Crippen LogP contribution in [-0.4, -0.2) is 5.78 Å². The number of Topliss-reactive ketones (excluding diaryl/α,β-unsaturated/α-hetero) is 1. The molecule has 0 bridgehead atoms. The minimum absolute atomic E-state index is 0.292. The van der Waals surface area contributed by atoms with Gasteiger partial charge < -0.3 is 0 Å². The third-order valence-corrected chi connectivity index (χ3v) is 4.01. The van der Waals surface area contributed by atoms with Crippen molar-refractivity contribution < 1.29 is 4.79 Å². The van der Waals surface area contributed by atoms with Crippen LogP contribution in [0, 0.1) is 11.3 Å². The summed E-state index contributed by atoms with van der Waals surface area (Å²) >= 11 is 13.0. The van der Waals surface area contributed by atoms with E-state index in [1.165, 1.54) is 11.3 Å². The first-order chi connectivity index (χ1) is 8.63. The third kappa shape index (κ3) is 2.56. The molecule has 0 N–H and O–H groups in total. The molecule has 0 amide bonds. The largest absolute Gasteiger partial charge is 0.291 e. The zero-order chi connectivity index (χ0) is 13.1. The van der Waals surface area contributed by atoms with Crippen LogP contribution in [0.2, 0.25) is 10.0 Å². The summed E-state index contributed by atoms with van der Waals surface area (Å²) in [5.41, 5.74) is 0.583. The molecule has 0 aliphatic heterocycles. The molecule has 0 radical (unpaired) electrons. The highest BCUT2D eigenvalue weighted by Gasteiger charge is 2.24. The maximum Gasteiger partial charge on any atom is 0.195 e. The molecule has 2 rings (SSSR count). The van der Waals surface area contributed by atoms with Gasteiger partial charge in [0.25, 0.3) is 0 Å².